The van der Waals surface area contributed by atoms with Gasteiger partial charge in [-0.25, -0.2) is 0 Å². The fourth-order valence-corrected chi connectivity index (χ4v) is 2.71. The molecule has 1 amide bonds. The zero-order chi connectivity index (χ0) is 14.0. The van der Waals surface area contributed by atoms with Crippen LogP contribution in [0.5, 0.6) is 0 Å². The van der Waals surface area contributed by atoms with Gasteiger partial charge in [0.15, 0.2) is 0 Å². The van der Waals surface area contributed by atoms with Gasteiger partial charge in [0.1, 0.15) is 5.54 Å². The minimum absolute atomic E-state index is 0.279. The number of primary amides is 1. The molecule has 1 unspecified atom stereocenters. The van der Waals surface area contributed by atoms with Crippen molar-refractivity contribution >= 4 is 5.91 Å². The Balaban J connectivity index is 2.60. The van der Waals surface area contributed by atoms with Crippen LogP contribution in [0, 0.1) is 0 Å². The SMILES string of the molecule is CNC(C)(CN(C)CC1(N(C)C)CCC1)C(N)=O. The molecule has 0 saturated heterocycles. The molecular weight excluding hydrogens is 228 g/mol. The predicted molar refractivity (Wildman–Crippen MR) is 74.4 cm³/mol. The molecule has 1 fully saturated rings. The van der Waals surface area contributed by atoms with Crippen LogP contribution >= 0.6 is 0 Å². The van der Waals surface area contributed by atoms with Crippen LogP contribution in [-0.4, -0.2) is 68.1 Å². The number of amides is 1. The summed E-state index contributed by atoms with van der Waals surface area (Å²) in [6.45, 7) is 3.47. The fraction of sp³-hybridized carbons (Fsp3) is 0.923. The van der Waals surface area contributed by atoms with Gasteiger partial charge in [-0.1, -0.05) is 0 Å². The minimum atomic E-state index is -0.661. The number of nitrogens with zero attached hydrogens (tertiary/aromatic N) is 2. The Morgan fingerprint density at radius 2 is 1.94 bits per heavy atom. The van der Waals surface area contributed by atoms with Crippen molar-refractivity contribution in [2.24, 2.45) is 5.73 Å². The van der Waals surface area contributed by atoms with Crippen LogP contribution in [0.3, 0.4) is 0 Å². The lowest BCUT2D eigenvalue weighted by Gasteiger charge is -2.50. The number of carbonyl (C=O) groups excluding carboxylic acids is 1. The molecule has 1 atom stereocenters. The topological polar surface area (TPSA) is 61.6 Å². The summed E-state index contributed by atoms with van der Waals surface area (Å²) in [6, 6.07) is 0. The number of hydrogen-bond donors (Lipinski definition) is 2. The first kappa shape index (κ1) is 15.4. The van der Waals surface area contributed by atoms with Crippen molar-refractivity contribution in [2.45, 2.75) is 37.3 Å². The molecule has 1 aliphatic carbocycles. The van der Waals surface area contributed by atoms with Crippen LogP contribution in [0.4, 0.5) is 0 Å². The highest BCUT2D eigenvalue weighted by atomic mass is 16.1. The third-order valence-electron chi connectivity index (χ3n) is 4.48. The standard InChI is InChI=1S/C13H28N4O/c1-12(15-2,11(14)18)9-17(5)10-13(16(3)4)7-6-8-13/h15H,6-10H2,1-5H3,(H2,14,18). The third-order valence-corrected chi connectivity index (χ3v) is 4.48. The summed E-state index contributed by atoms with van der Waals surface area (Å²) in [7, 11) is 8.11. The molecule has 18 heavy (non-hydrogen) atoms. The van der Waals surface area contributed by atoms with E-state index < -0.39 is 5.54 Å². The van der Waals surface area contributed by atoms with Crippen LogP contribution in [0.2, 0.25) is 0 Å². The van der Waals surface area contributed by atoms with E-state index in [4.69, 9.17) is 5.73 Å². The van der Waals surface area contributed by atoms with Crippen LogP contribution in [-0.2, 0) is 4.79 Å². The first-order valence-corrected chi connectivity index (χ1v) is 6.60. The normalized spacial score (nSPS) is 21.7. The van der Waals surface area contributed by atoms with Gasteiger partial charge < -0.3 is 20.9 Å². The summed E-state index contributed by atoms with van der Waals surface area (Å²) in [5.74, 6) is -0.302. The number of rotatable bonds is 7. The van der Waals surface area contributed by atoms with Crippen LogP contribution < -0.4 is 11.1 Å². The average molecular weight is 256 g/mol. The van der Waals surface area contributed by atoms with E-state index in [-0.39, 0.29) is 11.4 Å². The number of hydrogen-bond acceptors (Lipinski definition) is 4. The number of nitrogens with one attached hydrogen (secondary N) is 1. The molecule has 0 heterocycles. The number of carbonyl (C=O) groups is 1. The molecule has 1 rings (SSSR count). The lowest BCUT2D eigenvalue weighted by molar-refractivity contribution is -0.124. The molecule has 0 aliphatic heterocycles. The smallest absolute Gasteiger partial charge is 0.238 e. The van der Waals surface area contributed by atoms with Crippen molar-refractivity contribution < 1.29 is 4.79 Å². The lowest BCUT2D eigenvalue weighted by atomic mass is 9.75. The third kappa shape index (κ3) is 3.02. The van der Waals surface area contributed by atoms with Crippen molar-refractivity contribution in [3.05, 3.63) is 0 Å². The summed E-state index contributed by atoms with van der Waals surface area (Å²) >= 11 is 0. The Hall–Kier alpha value is -0.650. The molecule has 0 aromatic rings. The highest BCUT2D eigenvalue weighted by molar-refractivity contribution is 5.84. The van der Waals surface area contributed by atoms with E-state index in [1.165, 1.54) is 19.3 Å². The summed E-state index contributed by atoms with van der Waals surface area (Å²) in [5.41, 5.74) is 5.08. The minimum Gasteiger partial charge on any atom is -0.368 e. The second kappa shape index (κ2) is 5.55. The van der Waals surface area contributed by atoms with Crippen LogP contribution in [0.25, 0.3) is 0 Å². The quantitative estimate of drug-likeness (QED) is 0.666. The molecule has 0 bridgehead atoms. The van der Waals surface area contributed by atoms with Crippen molar-refractivity contribution in [3.63, 3.8) is 0 Å². The highest BCUT2D eigenvalue weighted by Crippen LogP contribution is 2.36. The first-order chi connectivity index (χ1) is 8.26. The maximum atomic E-state index is 11.5. The predicted octanol–water partition coefficient (Wildman–Crippen LogP) is -0.134. The maximum absolute atomic E-state index is 11.5. The molecule has 5 heteroatoms. The molecule has 3 N–H and O–H groups in total. The Bertz CT molecular complexity index is 301. The number of likely N-dealkylation sites (N-methyl/N-ethyl adjacent to an activating group) is 3. The van der Waals surface area contributed by atoms with E-state index in [1.54, 1.807) is 7.05 Å². The zero-order valence-corrected chi connectivity index (χ0v) is 12.4. The van der Waals surface area contributed by atoms with E-state index >= 15 is 0 Å². The molecule has 5 nitrogen and oxygen atoms in total. The van der Waals surface area contributed by atoms with Gasteiger partial charge in [-0.05, 0) is 54.4 Å². The molecule has 0 aromatic carbocycles. The Morgan fingerprint density at radius 3 is 2.22 bits per heavy atom. The van der Waals surface area contributed by atoms with Gasteiger partial charge in [-0.3, -0.25) is 4.79 Å². The second-order valence-electron chi connectivity index (χ2n) is 6.09. The monoisotopic (exact) mass is 256 g/mol. The molecule has 106 valence electrons. The Labute approximate surface area is 111 Å². The van der Waals surface area contributed by atoms with Crippen molar-refractivity contribution in [1.29, 1.82) is 0 Å². The summed E-state index contributed by atoms with van der Waals surface area (Å²) in [4.78, 5) is 16.0. The molecule has 1 saturated carbocycles. The van der Waals surface area contributed by atoms with Gasteiger partial charge in [0, 0.05) is 18.6 Å². The van der Waals surface area contributed by atoms with Crippen molar-refractivity contribution in [3.8, 4) is 0 Å². The largest absolute Gasteiger partial charge is 0.368 e. The Morgan fingerprint density at radius 1 is 1.39 bits per heavy atom. The average Bonchev–Trinajstić information content (AvgIpc) is 2.22. The van der Waals surface area contributed by atoms with Crippen LogP contribution in [0.1, 0.15) is 26.2 Å². The van der Waals surface area contributed by atoms with Crippen LogP contribution in [0.15, 0.2) is 0 Å². The van der Waals surface area contributed by atoms with Gasteiger partial charge in [0.05, 0.1) is 0 Å². The fourth-order valence-electron chi connectivity index (χ4n) is 2.71. The molecular formula is C13H28N4O. The van der Waals surface area contributed by atoms with Gasteiger partial charge in [0.25, 0.3) is 0 Å². The number of nitrogens with two attached hydrogens (primary N) is 1. The lowest BCUT2D eigenvalue weighted by Crippen LogP contribution is -2.62. The molecule has 1 aliphatic rings. The second-order valence-corrected chi connectivity index (χ2v) is 6.09. The first-order valence-electron chi connectivity index (χ1n) is 6.60. The Kier molecular flexibility index (Phi) is 4.75. The summed E-state index contributed by atoms with van der Waals surface area (Å²) in [6.07, 6.45) is 3.76. The van der Waals surface area contributed by atoms with Gasteiger partial charge in [-0.15, -0.1) is 0 Å². The van der Waals surface area contributed by atoms with E-state index in [2.05, 4.69) is 36.3 Å². The van der Waals surface area contributed by atoms with E-state index in [0.29, 0.717) is 6.54 Å². The zero-order valence-electron chi connectivity index (χ0n) is 12.4. The van der Waals surface area contributed by atoms with Gasteiger partial charge in [0.2, 0.25) is 5.91 Å². The van der Waals surface area contributed by atoms with E-state index in [1.807, 2.05) is 6.92 Å². The van der Waals surface area contributed by atoms with E-state index in [0.717, 1.165) is 6.54 Å². The highest BCUT2D eigenvalue weighted by Gasteiger charge is 2.41. The van der Waals surface area contributed by atoms with Crippen molar-refractivity contribution in [1.82, 2.24) is 15.1 Å². The molecule has 0 aromatic heterocycles. The van der Waals surface area contributed by atoms with Crippen molar-refractivity contribution in [2.75, 3.05) is 41.3 Å². The molecule has 0 radical (unpaired) electrons. The van der Waals surface area contributed by atoms with E-state index in [9.17, 15) is 4.79 Å². The maximum Gasteiger partial charge on any atom is 0.238 e. The molecule has 0 spiro atoms. The summed E-state index contributed by atoms with van der Waals surface area (Å²) < 4.78 is 0. The van der Waals surface area contributed by atoms with Gasteiger partial charge in [-0.2, -0.15) is 0 Å². The van der Waals surface area contributed by atoms with Gasteiger partial charge >= 0.3 is 0 Å². The summed E-state index contributed by atoms with van der Waals surface area (Å²) in [5, 5.41) is 3.03.